The lowest BCUT2D eigenvalue weighted by Gasteiger charge is -2.11. The smallest absolute Gasteiger partial charge is 0.339 e. The van der Waals surface area contributed by atoms with Crippen LogP contribution in [0.2, 0.25) is 0 Å². The van der Waals surface area contributed by atoms with E-state index in [1.165, 1.54) is 6.92 Å². The lowest BCUT2D eigenvalue weighted by Crippen LogP contribution is -2.22. The van der Waals surface area contributed by atoms with Gasteiger partial charge in [-0.05, 0) is 32.8 Å². The summed E-state index contributed by atoms with van der Waals surface area (Å²) in [5.41, 5.74) is 1.93. The van der Waals surface area contributed by atoms with Crippen molar-refractivity contribution in [3.63, 3.8) is 0 Å². The first-order valence-corrected chi connectivity index (χ1v) is 8.20. The minimum Gasteiger partial charge on any atom is -0.462 e. The predicted octanol–water partition coefficient (Wildman–Crippen LogP) is 2.39. The van der Waals surface area contributed by atoms with E-state index in [9.17, 15) is 9.59 Å². The zero-order chi connectivity index (χ0) is 17.7. The normalized spacial score (nSPS) is 12.2. The van der Waals surface area contributed by atoms with Gasteiger partial charge in [0.25, 0.3) is 0 Å². The van der Waals surface area contributed by atoms with E-state index in [1.54, 1.807) is 12.3 Å². The molecular weight excluding hydrogens is 308 g/mol. The van der Waals surface area contributed by atoms with Gasteiger partial charge in [-0.3, -0.25) is 4.79 Å². The highest BCUT2D eigenvalue weighted by atomic mass is 16.5. The van der Waals surface area contributed by atoms with E-state index in [2.05, 4.69) is 29.2 Å². The summed E-state index contributed by atoms with van der Waals surface area (Å²) < 4.78 is 7.16. The van der Waals surface area contributed by atoms with Crippen LogP contribution in [0.3, 0.4) is 0 Å². The third-order valence-corrected chi connectivity index (χ3v) is 3.85. The molecular formula is C17H24N4O3. The molecule has 2 aromatic rings. The summed E-state index contributed by atoms with van der Waals surface area (Å²) in [4.78, 5) is 27.7. The van der Waals surface area contributed by atoms with E-state index in [1.807, 2.05) is 11.6 Å². The Hall–Kier alpha value is -2.44. The molecule has 2 heterocycles. The lowest BCUT2D eigenvalue weighted by molar-refractivity contribution is -0.118. The number of aromatic nitrogens is 3. The lowest BCUT2D eigenvalue weighted by atomic mass is 10.1. The predicted molar refractivity (Wildman–Crippen MR) is 90.9 cm³/mol. The zero-order valence-corrected chi connectivity index (χ0v) is 14.6. The molecule has 2 rings (SSSR count). The molecule has 0 saturated carbocycles. The Bertz CT molecular complexity index is 739. The molecule has 1 atom stereocenters. The summed E-state index contributed by atoms with van der Waals surface area (Å²) in [6.45, 7) is 8.19. The molecule has 7 nitrogen and oxygen atoms in total. The largest absolute Gasteiger partial charge is 0.462 e. The molecule has 24 heavy (non-hydrogen) atoms. The van der Waals surface area contributed by atoms with Crippen LogP contribution in [0.4, 0.5) is 0 Å². The van der Waals surface area contributed by atoms with Crippen LogP contribution in [0.5, 0.6) is 0 Å². The van der Waals surface area contributed by atoms with Gasteiger partial charge < -0.3 is 10.1 Å². The van der Waals surface area contributed by atoms with E-state index in [-0.39, 0.29) is 18.6 Å². The van der Waals surface area contributed by atoms with Gasteiger partial charge in [-0.2, -0.15) is 5.10 Å². The number of pyridine rings is 1. The number of nitrogens with one attached hydrogen (secondary N) is 1. The van der Waals surface area contributed by atoms with Crippen molar-refractivity contribution in [2.75, 3.05) is 13.2 Å². The van der Waals surface area contributed by atoms with Crippen molar-refractivity contribution in [2.45, 2.75) is 46.6 Å². The fourth-order valence-electron chi connectivity index (χ4n) is 2.39. The molecule has 2 aromatic heterocycles. The van der Waals surface area contributed by atoms with Crippen LogP contribution in [0.25, 0.3) is 11.0 Å². The Labute approximate surface area is 141 Å². The molecule has 0 aliphatic carbocycles. The van der Waals surface area contributed by atoms with Crippen molar-refractivity contribution >= 4 is 22.9 Å². The first kappa shape index (κ1) is 17.9. The van der Waals surface area contributed by atoms with Crippen LogP contribution in [0.15, 0.2) is 12.3 Å². The van der Waals surface area contributed by atoms with Gasteiger partial charge in [0.05, 0.1) is 29.8 Å². The summed E-state index contributed by atoms with van der Waals surface area (Å²) in [5.74, 6) is -0.484. The number of fused-ring (bicyclic) bond motifs is 1. The van der Waals surface area contributed by atoms with Crippen LogP contribution in [0, 0.1) is 6.92 Å². The zero-order valence-electron chi connectivity index (χ0n) is 14.6. The third kappa shape index (κ3) is 4.10. The Balaban J connectivity index is 2.14. The number of ether oxygens (including phenoxy) is 1. The quantitative estimate of drug-likeness (QED) is 0.621. The van der Waals surface area contributed by atoms with Gasteiger partial charge in [-0.15, -0.1) is 0 Å². The second-order valence-corrected chi connectivity index (χ2v) is 5.87. The van der Waals surface area contributed by atoms with Crippen molar-refractivity contribution in [3.05, 3.63) is 23.5 Å². The number of carbonyl (C=O) groups excluding carboxylic acids is 2. The molecule has 0 unspecified atom stereocenters. The van der Waals surface area contributed by atoms with Gasteiger partial charge in [-0.1, -0.05) is 6.92 Å². The monoisotopic (exact) mass is 332 g/mol. The fraction of sp³-hybridized carbons (Fsp3) is 0.529. The molecule has 7 heteroatoms. The van der Waals surface area contributed by atoms with E-state index < -0.39 is 5.97 Å². The van der Waals surface area contributed by atoms with E-state index in [0.29, 0.717) is 29.6 Å². The van der Waals surface area contributed by atoms with Gasteiger partial charge in [-0.25, -0.2) is 14.5 Å². The minimum atomic E-state index is -0.392. The Morgan fingerprint density at radius 1 is 1.42 bits per heavy atom. The Kier molecular flexibility index (Phi) is 5.89. The van der Waals surface area contributed by atoms with Crippen molar-refractivity contribution < 1.29 is 14.3 Å². The maximum Gasteiger partial charge on any atom is 0.339 e. The van der Waals surface area contributed by atoms with E-state index in [0.717, 1.165) is 12.1 Å². The summed E-state index contributed by atoms with van der Waals surface area (Å²) in [6, 6.07) is 1.93. The molecule has 1 amide bonds. The van der Waals surface area contributed by atoms with Gasteiger partial charge in [0.2, 0.25) is 5.91 Å². The summed E-state index contributed by atoms with van der Waals surface area (Å²) in [6.07, 6.45) is 3.17. The molecule has 0 aromatic carbocycles. The van der Waals surface area contributed by atoms with Gasteiger partial charge >= 0.3 is 5.97 Å². The SMILES string of the molecule is CC[C@@H](C)n1ncc2c(C(=O)OCCCNC(C)=O)cc(C)nc21. The Morgan fingerprint density at radius 3 is 2.83 bits per heavy atom. The number of hydrogen-bond acceptors (Lipinski definition) is 5. The fourth-order valence-corrected chi connectivity index (χ4v) is 2.39. The van der Waals surface area contributed by atoms with Gasteiger partial charge in [0.15, 0.2) is 5.65 Å². The highest BCUT2D eigenvalue weighted by Gasteiger charge is 2.18. The molecule has 0 spiro atoms. The topological polar surface area (TPSA) is 86.1 Å². The maximum atomic E-state index is 12.4. The number of carbonyl (C=O) groups is 2. The number of amides is 1. The van der Waals surface area contributed by atoms with Crippen LogP contribution >= 0.6 is 0 Å². The second-order valence-electron chi connectivity index (χ2n) is 5.87. The van der Waals surface area contributed by atoms with Crippen molar-refractivity contribution in [2.24, 2.45) is 0 Å². The van der Waals surface area contributed by atoms with Crippen LogP contribution < -0.4 is 5.32 Å². The first-order chi connectivity index (χ1) is 11.4. The molecule has 1 N–H and O–H groups in total. The molecule has 0 radical (unpaired) electrons. The standard InChI is InChI=1S/C17H24N4O3/c1-5-12(3)21-16-15(10-19-21)14(9-11(2)20-16)17(23)24-8-6-7-18-13(4)22/h9-10,12H,5-8H2,1-4H3,(H,18,22)/t12-/m1/s1. The highest BCUT2D eigenvalue weighted by molar-refractivity contribution is 6.02. The molecule has 0 aliphatic heterocycles. The molecule has 0 bridgehead atoms. The van der Waals surface area contributed by atoms with E-state index in [4.69, 9.17) is 4.74 Å². The van der Waals surface area contributed by atoms with Crippen LogP contribution in [-0.2, 0) is 9.53 Å². The number of hydrogen-bond donors (Lipinski definition) is 1. The number of rotatable bonds is 7. The summed E-state index contributed by atoms with van der Waals surface area (Å²) >= 11 is 0. The average molecular weight is 332 g/mol. The van der Waals surface area contributed by atoms with Gasteiger partial charge in [0, 0.05) is 19.2 Å². The number of nitrogens with zero attached hydrogens (tertiary/aromatic N) is 3. The van der Waals surface area contributed by atoms with Crippen molar-refractivity contribution in [1.29, 1.82) is 0 Å². The molecule has 0 saturated heterocycles. The first-order valence-electron chi connectivity index (χ1n) is 8.20. The molecule has 0 fully saturated rings. The van der Waals surface area contributed by atoms with Crippen molar-refractivity contribution in [3.8, 4) is 0 Å². The molecule has 0 aliphatic rings. The number of esters is 1. The van der Waals surface area contributed by atoms with Gasteiger partial charge in [0.1, 0.15) is 0 Å². The Morgan fingerprint density at radius 2 is 2.17 bits per heavy atom. The van der Waals surface area contributed by atoms with Crippen LogP contribution in [-0.4, -0.2) is 39.8 Å². The average Bonchev–Trinajstić information content (AvgIpc) is 2.96. The van der Waals surface area contributed by atoms with Crippen molar-refractivity contribution in [1.82, 2.24) is 20.1 Å². The molecule has 130 valence electrons. The second kappa shape index (κ2) is 7.90. The van der Waals surface area contributed by atoms with Crippen LogP contribution in [0.1, 0.15) is 55.7 Å². The maximum absolute atomic E-state index is 12.4. The summed E-state index contributed by atoms with van der Waals surface area (Å²) in [7, 11) is 0. The highest BCUT2D eigenvalue weighted by Crippen LogP contribution is 2.22. The summed E-state index contributed by atoms with van der Waals surface area (Å²) in [5, 5.41) is 7.75. The minimum absolute atomic E-state index is 0.0924. The van der Waals surface area contributed by atoms with E-state index >= 15 is 0 Å². The third-order valence-electron chi connectivity index (χ3n) is 3.85. The number of aryl methyl sites for hydroxylation is 1.